The van der Waals surface area contributed by atoms with Gasteiger partial charge in [-0.1, -0.05) is 23.7 Å². The normalized spacial score (nSPS) is 18.6. The number of benzene rings is 1. The maximum absolute atomic E-state index is 11.9. The van der Waals surface area contributed by atoms with Crippen LogP contribution in [0.4, 0.5) is 0 Å². The Labute approximate surface area is 122 Å². The number of carbonyl (C=O) groups excluding carboxylic acids is 1. The van der Waals surface area contributed by atoms with E-state index in [-0.39, 0.29) is 17.2 Å². The Bertz CT molecular complexity index is 683. The SMILES string of the molecule is CC(=O)C1=C(C)OC(N)=C(C#N)[C@@H]1c1cccc(Cl)c1. The van der Waals surface area contributed by atoms with Crippen molar-refractivity contribution in [2.24, 2.45) is 5.73 Å². The van der Waals surface area contributed by atoms with Gasteiger partial charge in [-0.2, -0.15) is 5.26 Å². The first-order valence-electron chi connectivity index (χ1n) is 6.00. The molecule has 0 bridgehead atoms. The van der Waals surface area contributed by atoms with Crippen LogP contribution in [0.15, 0.2) is 47.1 Å². The van der Waals surface area contributed by atoms with Crippen LogP contribution in [0.25, 0.3) is 0 Å². The first-order valence-corrected chi connectivity index (χ1v) is 6.38. The Balaban J connectivity index is 2.67. The van der Waals surface area contributed by atoms with Crippen molar-refractivity contribution < 1.29 is 9.53 Å². The van der Waals surface area contributed by atoms with Gasteiger partial charge in [0.1, 0.15) is 17.4 Å². The zero-order valence-electron chi connectivity index (χ0n) is 11.1. The minimum Gasteiger partial charge on any atom is -0.445 e. The topological polar surface area (TPSA) is 76.1 Å². The Morgan fingerprint density at radius 2 is 2.20 bits per heavy atom. The predicted molar refractivity (Wildman–Crippen MR) is 75.5 cm³/mol. The highest BCUT2D eigenvalue weighted by atomic mass is 35.5. The Hall–Kier alpha value is -2.25. The average molecular weight is 289 g/mol. The molecule has 102 valence electrons. The van der Waals surface area contributed by atoms with E-state index >= 15 is 0 Å². The summed E-state index contributed by atoms with van der Waals surface area (Å²) in [6.45, 7) is 3.10. The third-order valence-corrected chi connectivity index (χ3v) is 3.40. The summed E-state index contributed by atoms with van der Waals surface area (Å²) < 4.78 is 5.31. The molecule has 2 N–H and O–H groups in total. The maximum atomic E-state index is 11.9. The molecule has 4 nitrogen and oxygen atoms in total. The van der Waals surface area contributed by atoms with E-state index in [1.807, 2.05) is 12.1 Å². The van der Waals surface area contributed by atoms with Crippen molar-refractivity contribution in [1.82, 2.24) is 0 Å². The molecule has 0 aromatic heterocycles. The molecule has 1 aromatic rings. The molecular formula is C15H13ClN2O2. The largest absolute Gasteiger partial charge is 0.445 e. The van der Waals surface area contributed by atoms with Gasteiger partial charge in [0.25, 0.3) is 0 Å². The predicted octanol–water partition coefficient (Wildman–Crippen LogP) is 3.01. The molecule has 0 aliphatic carbocycles. The number of nitrogens with zero attached hydrogens (tertiary/aromatic N) is 1. The summed E-state index contributed by atoms with van der Waals surface area (Å²) in [6, 6.07) is 9.06. The van der Waals surface area contributed by atoms with Crippen molar-refractivity contribution >= 4 is 17.4 Å². The van der Waals surface area contributed by atoms with E-state index in [2.05, 4.69) is 0 Å². The second-order valence-electron chi connectivity index (χ2n) is 4.51. The molecule has 2 rings (SSSR count). The molecule has 1 aliphatic rings. The van der Waals surface area contributed by atoms with Crippen LogP contribution in [-0.4, -0.2) is 5.78 Å². The molecular weight excluding hydrogens is 276 g/mol. The van der Waals surface area contributed by atoms with Gasteiger partial charge in [0, 0.05) is 10.6 Å². The Morgan fingerprint density at radius 1 is 1.50 bits per heavy atom. The summed E-state index contributed by atoms with van der Waals surface area (Å²) >= 11 is 5.99. The second kappa shape index (κ2) is 5.40. The molecule has 0 radical (unpaired) electrons. The zero-order valence-corrected chi connectivity index (χ0v) is 11.9. The van der Waals surface area contributed by atoms with Crippen molar-refractivity contribution in [1.29, 1.82) is 5.26 Å². The molecule has 0 amide bonds. The standard InChI is InChI=1S/C15H13ClN2O2/c1-8(19)13-9(2)20-15(18)12(7-17)14(13)10-4-3-5-11(16)6-10/h3-6,14H,18H2,1-2H3/t14-/m0/s1. The lowest BCUT2D eigenvalue weighted by Crippen LogP contribution is -2.23. The molecule has 0 saturated carbocycles. The maximum Gasteiger partial charge on any atom is 0.205 e. The van der Waals surface area contributed by atoms with E-state index in [4.69, 9.17) is 22.1 Å². The van der Waals surface area contributed by atoms with Gasteiger partial charge in [0.2, 0.25) is 5.88 Å². The fourth-order valence-electron chi connectivity index (χ4n) is 2.36. The molecule has 1 aliphatic heterocycles. The van der Waals surface area contributed by atoms with Crippen molar-refractivity contribution in [3.8, 4) is 6.07 Å². The van der Waals surface area contributed by atoms with Gasteiger partial charge in [-0.05, 0) is 31.5 Å². The number of ether oxygens (including phenoxy) is 1. The van der Waals surface area contributed by atoms with Gasteiger partial charge in [0.05, 0.1) is 5.92 Å². The highest BCUT2D eigenvalue weighted by Gasteiger charge is 2.33. The van der Waals surface area contributed by atoms with Crippen molar-refractivity contribution in [2.75, 3.05) is 0 Å². The van der Waals surface area contributed by atoms with Crippen LogP contribution in [-0.2, 0) is 9.53 Å². The van der Waals surface area contributed by atoms with Gasteiger partial charge < -0.3 is 10.5 Å². The fourth-order valence-corrected chi connectivity index (χ4v) is 2.55. The number of hydrogen-bond acceptors (Lipinski definition) is 4. The minimum absolute atomic E-state index is 0.0278. The summed E-state index contributed by atoms with van der Waals surface area (Å²) in [6.07, 6.45) is 0. The van der Waals surface area contributed by atoms with E-state index in [1.54, 1.807) is 25.1 Å². The van der Waals surface area contributed by atoms with Gasteiger partial charge in [-0.3, -0.25) is 4.79 Å². The highest BCUT2D eigenvalue weighted by Crippen LogP contribution is 2.39. The number of ketones is 1. The Morgan fingerprint density at radius 3 is 2.75 bits per heavy atom. The van der Waals surface area contributed by atoms with E-state index < -0.39 is 5.92 Å². The van der Waals surface area contributed by atoms with Crippen LogP contribution < -0.4 is 5.73 Å². The zero-order chi connectivity index (χ0) is 14.9. The first-order chi connectivity index (χ1) is 9.45. The number of nitrogens with two attached hydrogens (primary N) is 1. The van der Waals surface area contributed by atoms with Crippen LogP contribution in [0.1, 0.15) is 25.3 Å². The number of Topliss-reactive ketones (excluding diaryl/α,β-unsaturated/α-hetero) is 1. The highest BCUT2D eigenvalue weighted by molar-refractivity contribution is 6.30. The van der Waals surface area contributed by atoms with Crippen LogP contribution >= 0.6 is 11.6 Å². The van der Waals surface area contributed by atoms with Gasteiger partial charge in [-0.15, -0.1) is 0 Å². The Kier molecular flexibility index (Phi) is 3.82. The van der Waals surface area contributed by atoms with Crippen molar-refractivity contribution in [2.45, 2.75) is 19.8 Å². The number of carbonyl (C=O) groups is 1. The minimum atomic E-state index is -0.537. The van der Waals surface area contributed by atoms with Gasteiger partial charge >= 0.3 is 0 Å². The van der Waals surface area contributed by atoms with Gasteiger partial charge in [-0.25, -0.2) is 0 Å². The van der Waals surface area contributed by atoms with Crippen LogP contribution in [0.3, 0.4) is 0 Å². The molecule has 20 heavy (non-hydrogen) atoms. The lowest BCUT2D eigenvalue weighted by atomic mass is 9.81. The van der Waals surface area contributed by atoms with E-state index in [9.17, 15) is 10.1 Å². The van der Waals surface area contributed by atoms with Crippen molar-refractivity contribution in [3.05, 3.63) is 57.6 Å². The van der Waals surface area contributed by atoms with E-state index in [1.165, 1.54) is 6.92 Å². The monoisotopic (exact) mass is 288 g/mol. The molecule has 1 heterocycles. The summed E-state index contributed by atoms with van der Waals surface area (Å²) in [7, 11) is 0. The number of nitriles is 1. The average Bonchev–Trinajstić information content (AvgIpc) is 2.37. The first kappa shape index (κ1) is 14.2. The summed E-state index contributed by atoms with van der Waals surface area (Å²) in [5.74, 6) is -0.253. The lowest BCUT2D eigenvalue weighted by Gasteiger charge is -2.26. The van der Waals surface area contributed by atoms with E-state index in [0.717, 1.165) is 5.56 Å². The fraction of sp³-hybridized carbons (Fsp3) is 0.200. The quantitative estimate of drug-likeness (QED) is 0.907. The number of halogens is 1. The summed E-state index contributed by atoms with van der Waals surface area (Å²) in [4.78, 5) is 11.9. The molecule has 0 unspecified atom stereocenters. The summed E-state index contributed by atoms with van der Waals surface area (Å²) in [5.41, 5.74) is 7.16. The lowest BCUT2D eigenvalue weighted by molar-refractivity contribution is -0.114. The number of allylic oxidation sites excluding steroid dienone is 3. The summed E-state index contributed by atoms with van der Waals surface area (Å²) in [5, 5.41) is 9.85. The smallest absolute Gasteiger partial charge is 0.205 e. The van der Waals surface area contributed by atoms with Crippen molar-refractivity contribution in [3.63, 3.8) is 0 Å². The molecule has 1 aromatic carbocycles. The van der Waals surface area contributed by atoms with Crippen LogP contribution in [0, 0.1) is 11.3 Å². The molecule has 1 atom stereocenters. The van der Waals surface area contributed by atoms with Crippen LogP contribution in [0.2, 0.25) is 5.02 Å². The van der Waals surface area contributed by atoms with Crippen LogP contribution in [0.5, 0.6) is 0 Å². The number of hydrogen-bond donors (Lipinski definition) is 1. The molecule has 0 saturated heterocycles. The number of rotatable bonds is 2. The molecule has 5 heteroatoms. The van der Waals surface area contributed by atoms with Gasteiger partial charge in [0.15, 0.2) is 5.78 Å². The third kappa shape index (κ3) is 2.40. The molecule has 0 spiro atoms. The van der Waals surface area contributed by atoms with E-state index in [0.29, 0.717) is 16.4 Å². The third-order valence-electron chi connectivity index (χ3n) is 3.17. The molecule has 0 fully saturated rings. The second-order valence-corrected chi connectivity index (χ2v) is 4.94.